The molecule has 1 aliphatic rings. The van der Waals surface area contributed by atoms with Crippen LogP contribution in [0.15, 0.2) is 57.5 Å². The van der Waals surface area contributed by atoms with E-state index in [1.807, 2.05) is 6.07 Å². The summed E-state index contributed by atoms with van der Waals surface area (Å²) in [5, 5.41) is 6.60. The Balaban J connectivity index is 1.42. The summed E-state index contributed by atoms with van der Waals surface area (Å²) in [7, 11) is 1.59. The van der Waals surface area contributed by atoms with Crippen molar-refractivity contribution in [1.82, 2.24) is 20.4 Å². The summed E-state index contributed by atoms with van der Waals surface area (Å²) in [6.45, 7) is 1.60. The predicted molar refractivity (Wildman–Crippen MR) is 112 cm³/mol. The quantitative estimate of drug-likeness (QED) is 0.510. The number of carbonyl (C=O) groups excluding carboxylic acids is 2. The van der Waals surface area contributed by atoms with E-state index in [0.717, 1.165) is 15.1 Å². The minimum Gasteiger partial charge on any atom is -0.497 e. The summed E-state index contributed by atoms with van der Waals surface area (Å²) in [6, 6.07) is 13.8. The van der Waals surface area contributed by atoms with Crippen LogP contribution >= 0.6 is 15.9 Å². The first-order chi connectivity index (χ1) is 14.9. The molecule has 0 radical (unpaired) electrons. The smallest absolute Gasteiger partial charge is 0.325 e. The lowest BCUT2D eigenvalue weighted by Gasteiger charge is -2.22. The molecule has 9 nitrogen and oxygen atoms in total. The number of benzene rings is 2. The Kier molecular flexibility index (Phi) is 5.64. The van der Waals surface area contributed by atoms with Gasteiger partial charge in [0.25, 0.3) is 5.91 Å². The molecule has 1 atom stereocenters. The first-order valence-electron chi connectivity index (χ1n) is 9.37. The molecule has 1 saturated heterocycles. The fourth-order valence-electron chi connectivity index (χ4n) is 3.20. The van der Waals surface area contributed by atoms with Crippen molar-refractivity contribution in [2.24, 2.45) is 0 Å². The van der Waals surface area contributed by atoms with Crippen molar-refractivity contribution in [2.45, 2.75) is 25.6 Å². The van der Waals surface area contributed by atoms with Crippen LogP contribution in [0.2, 0.25) is 0 Å². The largest absolute Gasteiger partial charge is 0.497 e. The van der Waals surface area contributed by atoms with Gasteiger partial charge in [-0.1, -0.05) is 33.2 Å². The van der Waals surface area contributed by atoms with Crippen molar-refractivity contribution in [3.63, 3.8) is 0 Å². The maximum Gasteiger partial charge on any atom is 0.325 e. The molecule has 1 aromatic heterocycles. The maximum absolute atomic E-state index is 13.0. The summed E-state index contributed by atoms with van der Waals surface area (Å²) in [5.41, 5.74) is -0.511. The zero-order chi connectivity index (χ0) is 22.0. The number of nitrogens with one attached hydrogen (secondary N) is 1. The Morgan fingerprint density at radius 1 is 1.16 bits per heavy atom. The summed E-state index contributed by atoms with van der Waals surface area (Å²) in [6.07, 6.45) is 0. The lowest BCUT2D eigenvalue weighted by atomic mass is 9.92. The molecule has 2 heterocycles. The van der Waals surface area contributed by atoms with Crippen molar-refractivity contribution in [3.05, 3.63) is 70.3 Å². The molecular formula is C21H19BrN4O5. The number of methoxy groups -OCH3 is 1. The zero-order valence-corrected chi connectivity index (χ0v) is 18.4. The van der Waals surface area contributed by atoms with E-state index in [4.69, 9.17) is 14.0 Å². The van der Waals surface area contributed by atoms with Crippen LogP contribution < -0.4 is 14.8 Å². The van der Waals surface area contributed by atoms with Gasteiger partial charge in [0.15, 0.2) is 6.61 Å². The molecule has 1 unspecified atom stereocenters. The van der Waals surface area contributed by atoms with Crippen LogP contribution in [0.25, 0.3) is 0 Å². The molecule has 1 N–H and O–H groups in total. The number of halogens is 1. The molecule has 2 aromatic carbocycles. The number of amides is 3. The lowest BCUT2D eigenvalue weighted by molar-refractivity contribution is -0.131. The van der Waals surface area contributed by atoms with Gasteiger partial charge in [-0.15, -0.1) is 0 Å². The van der Waals surface area contributed by atoms with E-state index in [2.05, 4.69) is 31.4 Å². The van der Waals surface area contributed by atoms with Gasteiger partial charge in [0.05, 0.1) is 7.11 Å². The number of hydrogen-bond acceptors (Lipinski definition) is 7. The number of imide groups is 1. The van der Waals surface area contributed by atoms with Crippen LogP contribution in [0.5, 0.6) is 11.5 Å². The molecular weight excluding hydrogens is 468 g/mol. The fraction of sp³-hybridized carbons (Fsp3) is 0.238. The summed E-state index contributed by atoms with van der Waals surface area (Å²) in [5.74, 6) is 1.37. The minimum absolute atomic E-state index is 0.0751. The van der Waals surface area contributed by atoms with Crippen LogP contribution in [0.1, 0.15) is 24.2 Å². The molecule has 10 heteroatoms. The standard InChI is InChI=1S/C21H19BrN4O5/c1-21(13-4-3-5-14(22)10-13)19(27)26(20(28)24-21)11-18-23-17(25-31-18)12-30-16-8-6-15(29-2)7-9-16/h3-10H,11-12H2,1-2H3,(H,24,28). The number of rotatable bonds is 7. The molecule has 3 amide bonds. The third-order valence-electron chi connectivity index (χ3n) is 4.91. The molecule has 160 valence electrons. The van der Waals surface area contributed by atoms with E-state index >= 15 is 0 Å². The number of urea groups is 1. The molecule has 4 rings (SSSR count). The average Bonchev–Trinajstić information content (AvgIpc) is 3.31. The van der Waals surface area contributed by atoms with Crippen LogP contribution in [0.4, 0.5) is 4.79 Å². The Bertz CT molecular complexity index is 1120. The second kappa shape index (κ2) is 8.38. The molecule has 0 aliphatic carbocycles. The van der Waals surface area contributed by atoms with Gasteiger partial charge < -0.3 is 19.3 Å². The van der Waals surface area contributed by atoms with Crippen LogP contribution in [0.3, 0.4) is 0 Å². The van der Waals surface area contributed by atoms with Gasteiger partial charge in [-0.05, 0) is 48.9 Å². The third kappa shape index (κ3) is 4.24. The van der Waals surface area contributed by atoms with Gasteiger partial charge in [0.1, 0.15) is 23.6 Å². The highest BCUT2D eigenvalue weighted by Gasteiger charge is 2.49. The molecule has 0 spiro atoms. The van der Waals surface area contributed by atoms with Crippen molar-refractivity contribution in [3.8, 4) is 11.5 Å². The maximum atomic E-state index is 13.0. The van der Waals surface area contributed by atoms with Crippen molar-refractivity contribution in [2.75, 3.05) is 7.11 Å². The highest BCUT2D eigenvalue weighted by Crippen LogP contribution is 2.31. The third-order valence-corrected chi connectivity index (χ3v) is 5.40. The van der Waals surface area contributed by atoms with Gasteiger partial charge >= 0.3 is 6.03 Å². The second-order valence-electron chi connectivity index (χ2n) is 7.03. The first-order valence-corrected chi connectivity index (χ1v) is 10.2. The Morgan fingerprint density at radius 2 is 1.90 bits per heavy atom. The van der Waals surface area contributed by atoms with E-state index < -0.39 is 17.5 Å². The number of hydrogen-bond donors (Lipinski definition) is 1. The molecule has 1 fully saturated rings. The van der Waals surface area contributed by atoms with E-state index in [1.54, 1.807) is 56.5 Å². The monoisotopic (exact) mass is 486 g/mol. The predicted octanol–water partition coefficient (Wildman–Crippen LogP) is 3.39. The Hall–Kier alpha value is -3.40. The van der Waals surface area contributed by atoms with Crippen molar-refractivity contribution in [1.29, 1.82) is 0 Å². The summed E-state index contributed by atoms with van der Waals surface area (Å²) >= 11 is 3.39. The molecule has 31 heavy (non-hydrogen) atoms. The van der Waals surface area contributed by atoms with Crippen LogP contribution in [0, 0.1) is 0 Å². The van der Waals surface area contributed by atoms with Crippen LogP contribution in [-0.4, -0.2) is 34.1 Å². The molecule has 0 saturated carbocycles. The van der Waals surface area contributed by atoms with E-state index in [-0.39, 0.29) is 19.0 Å². The highest BCUT2D eigenvalue weighted by molar-refractivity contribution is 9.10. The second-order valence-corrected chi connectivity index (χ2v) is 7.94. The summed E-state index contributed by atoms with van der Waals surface area (Å²) < 4.78 is 16.7. The number of nitrogens with zero attached hydrogens (tertiary/aromatic N) is 3. The van der Waals surface area contributed by atoms with E-state index in [9.17, 15) is 9.59 Å². The van der Waals surface area contributed by atoms with E-state index in [0.29, 0.717) is 17.1 Å². The molecule has 0 bridgehead atoms. The van der Waals surface area contributed by atoms with Gasteiger partial charge in [0.2, 0.25) is 11.7 Å². The lowest BCUT2D eigenvalue weighted by Crippen LogP contribution is -2.40. The fourth-order valence-corrected chi connectivity index (χ4v) is 3.60. The zero-order valence-electron chi connectivity index (χ0n) is 16.8. The highest BCUT2D eigenvalue weighted by atomic mass is 79.9. The Labute approximate surface area is 186 Å². The molecule has 3 aromatic rings. The first kappa shape index (κ1) is 20.9. The van der Waals surface area contributed by atoms with Crippen LogP contribution in [-0.2, 0) is 23.5 Å². The van der Waals surface area contributed by atoms with Gasteiger partial charge in [-0.3, -0.25) is 9.69 Å². The summed E-state index contributed by atoms with van der Waals surface area (Å²) in [4.78, 5) is 30.8. The number of ether oxygens (including phenoxy) is 2. The van der Waals surface area contributed by atoms with Gasteiger partial charge in [-0.25, -0.2) is 4.79 Å². The number of aromatic nitrogens is 2. The minimum atomic E-state index is -1.18. The van der Waals surface area contributed by atoms with E-state index in [1.165, 1.54) is 0 Å². The average molecular weight is 487 g/mol. The Morgan fingerprint density at radius 3 is 2.61 bits per heavy atom. The normalized spacial score (nSPS) is 18.2. The van der Waals surface area contributed by atoms with Crippen molar-refractivity contribution < 1.29 is 23.6 Å². The topological polar surface area (TPSA) is 107 Å². The van der Waals surface area contributed by atoms with Gasteiger partial charge in [-0.2, -0.15) is 4.98 Å². The molecule has 1 aliphatic heterocycles. The van der Waals surface area contributed by atoms with Crippen molar-refractivity contribution >= 4 is 27.9 Å². The SMILES string of the molecule is COc1ccc(OCc2noc(CN3C(=O)NC(C)(c4cccc(Br)c4)C3=O)n2)cc1. The van der Waals surface area contributed by atoms with Gasteiger partial charge in [0, 0.05) is 4.47 Å². The number of carbonyl (C=O) groups is 2.